The van der Waals surface area contributed by atoms with Crippen LogP contribution in [0.3, 0.4) is 0 Å². The normalized spacial score (nSPS) is 19.2. The van der Waals surface area contributed by atoms with Gasteiger partial charge in [0.1, 0.15) is 0 Å². The Bertz CT molecular complexity index is 376. The van der Waals surface area contributed by atoms with Crippen LogP contribution in [-0.4, -0.2) is 18.1 Å². The van der Waals surface area contributed by atoms with Crippen molar-refractivity contribution >= 4 is 23.2 Å². The molecule has 1 fully saturated rings. The van der Waals surface area contributed by atoms with Crippen LogP contribution in [0.15, 0.2) is 18.2 Å². The molecular formula is C13H18Cl2N2. The second-order valence-electron chi connectivity index (χ2n) is 4.57. The van der Waals surface area contributed by atoms with E-state index < -0.39 is 0 Å². The third-order valence-electron chi connectivity index (χ3n) is 3.18. The Morgan fingerprint density at radius 1 is 1.12 bits per heavy atom. The van der Waals surface area contributed by atoms with Gasteiger partial charge >= 0.3 is 0 Å². The number of hydrogen-bond acceptors (Lipinski definition) is 2. The van der Waals surface area contributed by atoms with Gasteiger partial charge in [-0.2, -0.15) is 0 Å². The zero-order valence-electron chi connectivity index (χ0n) is 10.0. The van der Waals surface area contributed by atoms with E-state index in [1.165, 1.54) is 24.8 Å². The zero-order valence-corrected chi connectivity index (χ0v) is 11.6. The largest absolute Gasteiger partial charge is 0.248 e. The Kier molecular flexibility index (Phi) is 4.69. The lowest BCUT2D eigenvalue weighted by Crippen LogP contribution is -2.42. The molecule has 1 heterocycles. The maximum atomic E-state index is 6.03. The van der Waals surface area contributed by atoms with Gasteiger partial charge in [0.15, 0.2) is 0 Å². The number of hydrazine groups is 1. The molecule has 17 heavy (non-hydrogen) atoms. The molecule has 1 aliphatic rings. The summed E-state index contributed by atoms with van der Waals surface area (Å²) in [6, 6.07) is 6.08. The molecule has 0 spiro atoms. The van der Waals surface area contributed by atoms with Crippen LogP contribution in [0.2, 0.25) is 10.0 Å². The minimum absolute atomic E-state index is 0.267. The number of nitrogens with one attached hydrogen (secondary N) is 1. The van der Waals surface area contributed by atoms with Crippen molar-refractivity contribution in [3.63, 3.8) is 0 Å². The number of halogens is 2. The molecule has 1 N–H and O–H groups in total. The fraction of sp³-hybridized carbons (Fsp3) is 0.538. The van der Waals surface area contributed by atoms with Gasteiger partial charge in [-0.1, -0.05) is 35.7 Å². The monoisotopic (exact) mass is 272 g/mol. The molecule has 0 aromatic heterocycles. The first-order valence-electron chi connectivity index (χ1n) is 6.13. The van der Waals surface area contributed by atoms with Gasteiger partial charge in [-0.05, 0) is 37.5 Å². The van der Waals surface area contributed by atoms with Crippen LogP contribution < -0.4 is 5.43 Å². The van der Waals surface area contributed by atoms with E-state index in [1.54, 1.807) is 0 Å². The van der Waals surface area contributed by atoms with Crippen LogP contribution in [-0.2, 0) is 0 Å². The van der Waals surface area contributed by atoms with Gasteiger partial charge in [-0.25, -0.2) is 10.4 Å². The summed E-state index contributed by atoms with van der Waals surface area (Å²) in [7, 11) is 0. The molecule has 0 amide bonds. The van der Waals surface area contributed by atoms with E-state index in [-0.39, 0.29) is 6.04 Å². The van der Waals surface area contributed by atoms with Crippen molar-refractivity contribution in [2.75, 3.05) is 13.1 Å². The molecule has 1 aliphatic heterocycles. The lowest BCUT2D eigenvalue weighted by molar-refractivity contribution is 0.133. The maximum absolute atomic E-state index is 6.03. The van der Waals surface area contributed by atoms with Crippen molar-refractivity contribution in [3.05, 3.63) is 33.8 Å². The van der Waals surface area contributed by atoms with E-state index in [4.69, 9.17) is 23.2 Å². The fourth-order valence-corrected chi connectivity index (χ4v) is 2.46. The first-order chi connectivity index (χ1) is 8.16. The van der Waals surface area contributed by atoms with Crippen LogP contribution in [0, 0.1) is 0 Å². The van der Waals surface area contributed by atoms with Gasteiger partial charge in [0, 0.05) is 19.1 Å². The highest BCUT2D eigenvalue weighted by atomic mass is 35.5. The molecule has 0 saturated carbocycles. The summed E-state index contributed by atoms with van der Waals surface area (Å²) in [5, 5.41) is 3.54. The predicted octanol–water partition coefficient (Wildman–Crippen LogP) is 4.04. The third kappa shape index (κ3) is 3.59. The average molecular weight is 273 g/mol. The van der Waals surface area contributed by atoms with Crippen LogP contribution >= 0.6 is 23.2 Å². The van der Waals surface area contributed by atoms with Crippen LogP contribution in [0.25, 0.3) is 0 Å². The molecular weight excluding hydrogens is 255 g/mol. The highest BCUT2D eigenvalue weighted by molar-refractivity contribution is 6.42. The first kappa shape index (κ1) is 13.2. The Morgan fingerprint density at radius 2 is 1.82 bits per heavy atom. The summed E-state index contributed by atoms with van der Waals surface area (Å²) in [4.78, 5) is 0. The molecule has 94 valence electrons. The van der Waals surface area contributed by atoms with Crippen LogP contribution in [0.4, 0.5) is 0 Å². The van der Waals surface area contributed by atoms with Crippen molar-refractivity contribution in [2.45, 2.75) is 32.2 Å². The molecule has 2 nitrogen and oxygen atoms in total. The third-order valence-corrected chi connectivity index (χ3v) is 3.91. The lowest BCUT2D eigenvalue weighted by atomic mass is 10.1. The maximum Gasteiger partial charge on any atom is 0.0595 e. The number of piperidine rings is 1. The minimum Gasteiger partial charge on any atom is -0.248 e. The summed E-state index contributed by atoms with van der Waals surface area (Å²) in [6.45, 7) is 4.41. The zero-order chi connectivity index (χ0) is 12.3. The van der Waals surface area contributed by atoms with Gasteiger partial charge in [0.05, 0.1) is 10.0 Å². The Hall–Kier alpha value is -0.280. The molecule has 1 unspecified atom stereocenters. The van der Waals surface area contributed by atoms with Crippen LogP contribution in [0.1, 0.15) is 37.8 Å². The molecule has 1 aromatic carbocycles. The molecule has 0 aliphatic carbocycles. The smallest absolute Gasteiger partial charge is 0.0595 e. The van der Waals surface area contributed by atoms with E-state index >= 15 is 0 Å². The quantitative estimate of drug-likeness (QED) is 0.894. The molecule has 2 rings (SSSR count). The van der Waals surface area contributed by atoms with E-state index in [0.29, 0.717) is 10.0 Å². The average Bonchev–Trinajstić information content (AvgIpc) is 2.34. The molecule has 0 radical (unpaired) electrons. The molecule has 1 saturated heterocycles. The lowest BCUT2D eigenvalue weighted by Gasteiger charge is -2.30. The summed E-state index contributed by atoms with van der Waals surface area (Å²) in [6.07, 6.45) is 3.90. The van der Waals surface area contributed by atoms with Gasteiger partial charge in [-0.15, -0.1) is 0 Å². The van der Waals surface area contributed by atoms with Crippen molar-refractivity contribution in [1.29, 1.82) is 0 Å². The van der Waals surface area contributed by atoms with Crippen molar-refractivity contribution in [1.82, 2.24) is 10.4 Å². The molecule has 0 bridgehead atoms. The van der Waals surface area contributed by atoms with Crippen molar-refractivity contribution in [2.24, 2.45) is 0 Å². The minimum atomic E-state index is 0.267. The second kappa shape index (κ2) is 6.05. The van der Waals surface area contributed by atoms with Gasteiger partial charge in [0.25, 0.3) is 0 Å². The van der Waals surface area contributed by atoms with E-state index in [0.717, 1.165) is 13.1 Å². The first-order valence-corrected chi connectivity index (χ1v) is 6.88. The SMILES string of the molecule is CC(NN1CCCCC1)c1ccc(Cl)c(Cl)c1. The number of rotatable bonds is 3. The van der Waals surface area contributed by atoms with Crippen LogP contribution in [0.5, 0.6) is 0 Å². The Balaban J connectivity index is 1.98. The summed E-state index contributed by atoms with van der Waals surface area (Å²) in [5.74, 6) is 0. The summed E-state index contributed by atoms with van der Waals surface area (Å²) in [5.41, 5.74) is 4.68. The second-order valence-corrected chi connectivity index (χ2v) is 5.39. The number of hydrogen-bond donors (Lipinski definition) is 1. The van der Waals surface area contributed by atoms with E-state index in [1.807, 2.05) is 18.2 Å². The highest BCUT2D eigenvalue weighted by Gasteiger charge is 2.14. The molecule has 4 heteroatoms. The van der Waals surface area contributed by atoms with Crippen molar-refractivity contribution in [3.8, 4) is 0 Å². The standard InChI is InChI=1S/C13H18Cl2N2/c1-10(16-17-7-3-2-4-8-17)11-5-6-12(14)13(15)9-11/h5-6,9-10,16H,2-4,7-8H2,1H3. The molecule has 1 atom stereocenters. The summed E-state index contributed by atoms with van der Waals surface area (Å²) >= 11 is 11.9. The summed E-state index contributed by atoms with van der Waals surface area (Å²) < 4.78 is 0. The molecule has 1 aromatic rings. The number of benzene rings is 1. The number of nitrogens with zero attached hydrogens (tertiary/aromatic N) is 1. The highest BCUT2D eigenvalue weighted by Crippen LogP contribution is 2.25. The van der Waals surface area contributed by atoms with Gasteiger partial charge < -0.3 is 0 Å². The van der Waals surface area contributed by atoms with Crippen molar-refractivity contribution < 1.29 is 0 Å². The Labute approximate surface area is 113 Å². The topological polar surface area (TPSA) is 15.3 Å². The van der Waals surface area contributed by atoms with Gasteiger partial charge in [-0.3, -0.25) is 0 Å². The Morgan fingerprint density at radius 3 is 2.47 bits per heavy atom. The fourth-order valence-electron chi connectivity index (χ4n) is 2.15. The van der Waals surface area contributed by atoms with Gasteiger partial charge in [0.2, 0.25) is 0 Å². The predicted molar refractivity (Wildman–Crippen MR) is 73.4 cm³/mol. The van der Waals surface area contributed by atoms with E-state index in [9.17, 15) is 0 Å². The van der Waals surface area contributed by atoms with E-state index in [2.05, 4.69) is 17.4 Å².